The fourth-order valence-corrected chi connectivity index (χ4v) is 4.60. The summed E-state index contributed by atoms with van der Waals surface area (Å²) < 4.78 is 5.97. The van der Waals surface area contributed by atoms with E-state index >= 15 is 0 Å². The molecule has 4 rings (SSSR count). The van der Waals surface area contributed by atoms with Gasteiger partial charge in [0.2, 0.25) is 0 Å². The van der Waals surface area contributed by atoms with Crippen LogP contribution in [0.1, 0.15) is 37.3 Å². The van der Waals surface area contributed by atoms with Gasteiger partial charge in [0.15, 0.2) is 0 Å². The van der Waals surface area contributed by atoms with Gasteiger partial charge in [-0.3, -0.25) is 4.90 Å². The van der Waals surface area contributed by atoms with Gasteiger partial charge in [-0.25, -0.2) is 0 Å². The fraction of sp³-hybridized carbons (Fsp3) is 0.667. The molecule has 3 heteroatoms. The summed E-state index contributed by atoms with van der Waals surface area (Å²) in [6.45, 7) is 4.72. The van der Waals surface area contributed by atoms with Gasteiger partial charge in [0.05, 0.1) is 6.10 Å². The zero-order chi connectivity index (χ0) is 14.6. The van der Waals surface area contributed by atoms with E-state index < -0.39 is 0 Å². The van der Waals surface area contributed by atoms with Crippen LogP contribution in [0.3, 0.4) is 0 Å². The van der Waals surface area contributed by atoms with E-state index in [-0.39, 0.29) is 11.5 Å². The van der Waals surface area contributed by atoms with E-state index in [1.165, 1.54) is 30.5 Å². The first-order valence-electron chi connectivity index (χ1n) is 8.21. The van der Waals surface area contributed by atoms with Gasteiger partial charge in [-0.05, 0) is 61.4 Å². The highest BCUT2D eigenvalue weighted by molar-refractivity contribution is 5.45. The van der Waals surface area contributed by atoms with E-state index in [1.54, 1.807) is 0 Å². The van der Waals surface area contributed by atoms with Gasteiger partial charge < -0.3 is 9.84 Å². The number of phenolic OH excluding ortho intramolecular Hbond substituents is 1. The van der Waals surface area contributed by atoms with Crippen molar-refractivity contribution in [2.45, 2.75) is 50.2 Å². The summed E-state index contributed by atoms with van der Waals surface area (Å²) in [5.41, 5.74) is 2.73. The molecule has 2 fully saturated rings. The minimum atomic E-state index is 0.0335. The molecule has 1 aromatic rings. The summed E-state index contributed by atoms with van der Waals surface area (Å²) in [6.07, 6.45) is 5.21. The van der Waals surface area contributed by atoms with Gasteiger partial charge in [0.1, 0.15) is 5.75 Å². The molecule has 3 nitrogen and oxygen atoms in total. The Hall–Kier alpha value is -1.06. The molecule has 1 heterocycles. The lowest BCUT2D eigenvalue weighted by molar-refractivity contribution is -0.0758. The van der Waals surface area contributed by atoms with E-state index in [4.69, 9.17) is 4.74 Å². The number of benzene rings is 1. The Morgan fingerprint density at radius 3 is 2.90 bits per heavy atom. The van der Waals surface area contributed by atoms with Gasteiger partial charge in [-0.15, -0.1) is 0 Å². The molecule has 0 radical (unpaired) electrons. The van der Waals surface area contributed by atoms with Crippen LogP contribution >= 0.6 is 0 Å². The van der Waals surface area contributed by atoms with Crippen LogP contribution in [-0.2, 0) is 16.6 Å². The van der Waals surface area contributed by atoms with Crippen molar-refractivity contribution in [1.82, 2.24) is 4.90 Å². The average molecular weight is 287 g/mol. The number of methoxy groups -OCH3 is 1. The number of phenols is 1. The molecule has 21 heavy (non-hydrogen) atoms. The molecule has 1 saturated carbocycles. The lowest BCUT2D eigenvalue weighted by Crippen LogP contribution is -2.63. The maximum Gasteiger partial charge on any atom is 0.115 e. The van der Waals surface area contributed by atoms with Crippen LogP contribution in [0, 0.1) is 5.92 Å². The predicted molar refractivity (Wildman–Crippen MR) is 82.7 cm³/mol. The Morgan fingerprint density at radius 2 is 2.19 bits per heavy atom. The highest BCUT2D eigenvalue weighted by Gasteiger charge is 2.51. The van der Waals surface area contributed by atoms with E-state index in [0.717, 1.165) is 25.3 Å². The molecule has 0 spiro atoms. The number of hydrogen-bond acceptors (Lipinski definition) is 3. The first-order chi connectivity index (χ1) is 10.1. The number of fused-ring (bicyclic) bond motifs is 4. The number of rotatable bonds is 3. The summed E-state index contributed by atoms with van der Waals surface area (Å²) in [7, 11) is 1.85. The third kappa shape index (κ3) is 2.09. The topological polar surface area (TPSA) is 32.7 Å². The molecule has 3 atom stereocenters. The Morgan fingerprint density at radius 1 is 1.38 bits per heavy atom. The summed E-state index contributed by atoms with van der Waals surface area (Å²) >= 11 is 0. The second kappa shape index (κ2) is 4.72. The molecule has 3 aliphatic rings. The van der Waals surface area contributed by atoms with Crippen LogP contribution in [0.15, 0.2) is 18.2 Å². The average Bonchev–Trinajstić information content (AvgIpc) is 3.27. The molecule has 1 aromatic carbocycles. The zero-order valence-electron chi connectivity index (χ0n) is 13.0. The molecule has 0 amide bonds. The van der Waals surface area contributed by atoms with Crippen molar-refractivity contribution in [2.24, 2.45) is 5.92 Å². The standard InChI is InChI=1S/C18H25NO2/c1-18-7-8-19(11-12-3-4-12)16(17(18)21-2)9-13-5-6-14(20)10-15(13)18/h5-6,10,12,16-17,20H,3-4,7-9,11H2,1-2H3/t16-,17+,18-/m0/s1. The third-order valence-corrected chi connectivity index (χ3v) is 5.95. The molecular weight excluding hydrogens is 262 g/mol. The van der Waals surface area contributed by atoms with Crippen LogP contribution in [-0.4, -0.2) is 42.4 Å². The van der Waals surface area contributed by atoms with Crippen molar-refractivity contribution in [3.8, 4) is 5.75 Å². The molecule has 1 saturated heterocycles. The number of aromatic hydroxyl groups is 1. The van der Waals surface area contributed by atoms with E-state index in [1.807, 2.05) is 19.2 Å². The molecule has 1 aliphatic heterocycles. The van der Waals surface area contributed by atoms with Gasteiger partial charge in [0, 0.05) is 25.1 Å². The van der Waals surface area contributed by atoms with E-state index in [9.17, 15) is 5.11 Å². The third-order valence-electron chi connectivity index (χ3n) is 5.95. The predicted octanol–water partition coefficient (Wildman–Crippen LogP) is 2.71. The molecular formula is C18H25NO2. The molecule has 0 aromatic heterocycles. The minimum Gasteiger partial charge on any atom is -0.508 e. The highest BCUT2D eigenvalue weighted by atomic mass is 16.5. The quantitative estimate of drug-likeness (QED) is 0.928. The van der Waals surface area contributed by atoms with Crippen molar-refractivity contribution in [3.05, 3.63) is 29.3 Å². The van der Waals surface area contributed by atoms with Gasteiger partial charge in [-0.2, -0.15) is 0 Å². The van der Waals surface area contributed by atoms with Crippen LogP contribution < -0.4 is 0 Å². The normalized spacial score (nSPS) is 35.5. The lowest BCUT2D eigenvalue weighted by atomic mass is 9.63. The van der Waals surface area contributed by atoms with E-state index in [2.05, 4.69) is 17.9 Å². The maximum atomic E-state index is 9.89. The second-order valence-electron chi connectivity index (χ2n) is 7.38. The number of piperidine rings is 1. The van der Waals surface area contributed by atoms with Crippen LogP contribution in [0.2, 0.25) is 0 Å². The van der Waals surface area contributed by atoms with E-state index in [0.29, 0.717) is 11.8 Å². The highest BCUT2D eigenvalue weighted by Crippen LogP contribution is 2.47. The number of likely N-dealkylation sites (tertiary alicyclic amines) is 1. The van der Waals surface area contributed by atoms with Crippen molar-refractivity contribution in [3.63, 3.8) is 0 Å². The van der Waals surface area contributed by atoms with Gasteiger partial charge >= 0.3 is 0 Å². The Bertz CT molecular complexity index is 554. The van der Waals surface area contributed by atoms with Crippen LogP contribution in [0.25, 0.3) is 0 Å². The molecule has 2 aliphatic carbocycles. The van der Waals surface area contributed by atoms with Gasteiger partial charge in [0.25, 0.3) is 0 Å². The molecule has 0 unspecified atom stereocenters. The smallest absolute Gasteiger partial charge is 0.115 e. The Balaban J connectivity index is 1.73. The monoisotopic (exact) mass is 287 g/mol. The van der Waals surface area contributed by atoms with Crippen molar-refractivity contribution in [1.29, 1.82) is 0 Å². The first kappa shape index (κ1) is 13.6. The van der Waals surface area contributed by atoms with Crippen molar-refractivity contribution < 1.29 is 9.84 Å². The van der Waals surface area contributed by atoms with Crippen LogP contribution in [0.5, 0.6) is 5.75 Å². The summed E-state index contributed by atoms with van der Waals surface area (Å²) in [5.74, 6) is 1.30. The van der Waals surface area contributed by atoms with Crippen molar-refractivity contribution >= 4 is 0 Å². The summed E-state index contributed by atoms with van der Waals surface area (Å²) in [5, 5.41) is 9.89. The molecule has 1 N–H and O–H groups in total. The molecule has 2 bridgehead atoms. The Labute approximate surface area is 126 Å². The van der Waals surface area contributed by atoms with Crippen molar-refractivity contribution in [2.75, 3.05) is 20.2 Å². The summed E-state index contributed by atoms with van der Waals surface area (Å²) in [6, 6.07) is 6.40. The van der Waals surface area contributed by atoms with Gasteiger partial charge in [-0.1, -0.05) is 13.0 Å². The fourth-order valence-electron chi connectivity index (χ4n) is 4.60. The first-order valence-corrected chi connectivity index (χ1v) is 8.21. The Kier molecular flexibility index (Phi) is 3.05. The largest absolute Gasteiger partial charge is 0.508 e. The molecule has 114 valence electrons. The lowest BCUT2D eigenvalue weighted by Gasteiger charge is -2.54. The SMILES string of the molecule is CO[C@@H]1[C@@H]2Cc3ccc(O)cc3[C@]1(C)CCN2CC1CC1. The maximum absolute atomic E-state index is 9.89. The van der Waals surface area contributed by atoms with Crippen LogP contribution in [0.4, 0.5) is 0 Å². The minimum absolute atomic E-state index is 0.0335. The summed E-state index contributed by atoms with van der Waals surface area (Å²) in [4.78, 5) is 2.67. The number of hydrogen-bond donors (Lipinski definition) is 1. The second-order valence-corrected chi connectivity index (χ2v) is 7.38. The number of ether oxygens (including phenoxy) is 1. The number of nitrogens with zero attached hydrogens (tertiary/aromatic N) is 1. The zero-order valence-corrected chi connectivity index (χ0v) is 13.0.